The third-order valence-corrected chi connectivity index (χ3v) is 5.68. The van der Waals surface area contributed by atoms with Gasteiger partial charge in [-0.2, -0.15) is 4.98 Å². The number of nitrogen functional groups attached to an aromatic ring is 1. The van der Waals surface area contributed by atoms with Crippen LogP contribution in [0, 0.1) is 19.7 Å². The van der Waals surface area contributed by atoms with Crippen molar-refractivity contribution < 1.29 is 14.3 Å². The van der Waals surface area contributed by atoms with E-state index in [2.05, 4.69) is 15.3 Å². The highest BCUT2D eigenvalue weighted by Gasteiger charge is 2.15. The number of nitrogens with zero attached hydrogens (tertiary/aromatic N) is 4. The topological polar surface area (TPSA) is 136 Å². The number of hydrogen-bond donors (Lipinski definition) is 3. The molecule has 0 unspecified atom stereocenters. The van der Waals surface area contributed by atoms with Crippen LogP contribution in [0.2, 0.25) is 0 Å². The minimum Gasteiger partial charge on any atom is -0.478 e. The lowest BCUT2D eigenvalue weighted by molar-refractivity contribution is -0.131. The molecule has 4 N–H and O–H groups in total. The molecule has 10 heteroatoms. The lowest BCUT2D eigenvalue weighted by atomic mass is 10.1. The van der Waals surface area contributed by atoms with E-state index in [1.165, 1.54) is 22.8 Å². The molecule has 184 valence electrons. The number of carboxylic acids is 1. The minimum absolute atomic E-state index is 0.0687. The molecule has 36 heavy (non-hydrogen) atoms. The van der Waals surface area contributed by atoms with Crippen molar-refractivity contribution in [3.8, 4) is 5.69 Å². The van der Waals surface area contributed by atoms with Crippen LogP contribution in [0.4, 0.5) is 16.2 Å². The summed E-state index contributed by atoms with van der Waals surface area (Å²) in [5, 5.41) is 12.7. The first-order valence-electron chi connectivity index (χ1n) is 11.3. The first-order chi connectivity index (χ1) is 17.2. The Morgan fingerprint density at radius 1 is 1.14 bits per heavy atom. The van der Waals surface area contributed by atoms with Crippen molar-refractivity contribution in [3.63, 3.8) is 0 Å². The quantitative estimate of drug-likeness (QED) is 0.253. The standard InChI is InChI=1S/C26H25FN6O3/c1-15-5-3-6-20-23(15)25(36)33(18-10-8-17(27)9-11-18)21(31-20)7-4-14-29-24-19(12-13-22(34)35)16(2)30-26(28)32-24/h3,5-6,8-13H,4,7,14H2,1-2H3,(H,34,35)(H3,28,29,30,32)/b13-12+. The molecule has 4 rings (SSSR count). The van der Waals surface area contributed by atoms with Gasteiger partial charge in [0.05, 0.1) is 22.3 Å². The lowest BCUT2D eigenvalue weighted by Crippen LogP contribution is -2.25. The Bertz CT molecular complexity index is 1530. The molecule has 0 fully saturated rings. The Morgan fingerprint density at radius 2 is 1.89 bits per heavy atom. The molecule has 0 aliphatic rings. The molecule has 0 saturated heterocycles. The fraction of sp³-hybridized carbons (Fsp3) is 0.192. The van der Waals surface area contributed by atoms with Crippen LogP contribution in [0.1, 0.15) is 29.1 Å². The van der Waals surface area contributed by atoms with Gasteiger partial charge in [-0.3, -0.25) is 9.36 Å². The number of carboxylic acid groups (broad SMARTS) is 1. The van der Waals surface area contributed by atoms with Gasteiger partial charge in [-0.1, -0.05) is 12.1 Å². The van der Waals surface area contributed by atoms with Crippen molar-refractivity contribution in [1.82, 2.24) is 19.5 Å². The molecule has 0 bridgehead atoms. The highest BCUT2D eigenvalue weighted by atomic mass is 19.1. The second-order valence-electron chi connectivity index (χ2n) is 8.25. The summed E-state index contributed by atoms with van der Waals surface area (Å²) in [6.07, 6.45) is 3.42. The van der Waals surface area contributed by atoms with Crippen LogP contribution in [-0.4, -0.2) is 37.1 Å². The normalized spacial score (nSPS) is 11.3. The molecule has 2 aromatic carbocycles. The van der Waals surface area contributed by atoms with Gasteiger partial charge < -0.3 is 16.2 Å². The molecule has 0 aliphatic heterocycles. The zero-order valence-electron chi connectivity index (χ0n) is 19.8. The van der Waals surface area contributed by atoms with E-state index in [1.54, 1.807) is 25.1 Å². The van der Waals surface area contributed by atoms with Gasteiger partial charge in [0.1, 0.15) is 17.5 Å². The van der Waals surface area contributed by atoms with Crippen molar-refractivity contribution in [3.05, 3.63) is 87.4 Å². The molecule has 2 aromatic heterocycles. The summed E-state index contributed by atoms with van der Waals surface area (Å²) in [4.78, 5) is 37.5. The minimum atomic E-state index is -1.09. The molecule has 4 aromatic rings. The third kappa shape index (κ3) is 5.22. The smallest absolute Gasteiger partial charge is 0.328 e. The van der Waals surface area contributed by atoms with Gasteiger partial charge in [-0.25, -0.2) is 19.2 Å². The van der Waals surface area contributed by atoms with Crippen LogP contribution < -0.4 is 16.6 Å². The maximum absolute atomic E-state index is 13.6. The molecular weight excluding hydrogens is 463 g/mol. The fourth-order valence-corrected chi connectivity index (χ4v) is 4.01. The highest BCUT2D eigenvalue weighted by molar-refractivity contribution is 5.87. The molecule has 0 saturated carbocycles. The van der Waals surface area contributed by atoms with Crippen molar-refractivity contribution in [2.45, 2.75) is 26.7 Å². The molecule has 9 nitrogen and oxygen atoms in total. The Morgan fingerprint density at radius 3 is 2.61 bits per heavy atom. The van der Waals surface area contributed by atoms with Crippen LogP contribution in [0.15, 0.2) is 53.3 Å². The summed E-state index contributed by atoms with van der Waals surface area (Å²) < 4.78 is 15.1. The van der Waals surface area contributed by atoms with Gasteiger partial charge in [-0.15, -0.1) is 0 Å². The van der Waals surface area contributed by atoms with Crippen molar-refractivity contribution in [2.24, 2.45) is 0 Å². The van der Waals surface area contributed by atoms with Gasteiger partial charge in [0.25, 0.3) is 5.56 Å². The summed E-state index contributed by atoms with van der Waals surface area (Å²) >= 11 is 0. The molecule has 0 atom stereocenters. The molecule has 0 amide bonds. The van der Waals surface area contributed by atoms with E-state index < -0.39 is 11.8 Å². The summed E-state index contributed by atoms with van der Waals surface area (Å²) in [5.41, 5.74) is 8.57. The predicted molar refractivity (Wildman–Crippen MR) is 137 cm³/mol. The Kier molecular flexibility index (Phi) is 7.05. The first-order valence-corrected chi connectivity index (χ1v) is 11.3. The third-order valence-electron chi connectivity index (χ3n) is 5.68. The van der Waals surface area contributed by atoms with E-state index in [1.807, 2.05) is 19.1 Å². The molecule has 2 heterocycles. The average molecular weight is 489 g/mol. The predicted octanol–water partition coefficient (Wildman–Crippen LogP) is 3.66. The number of hydrogen-bond acceptors (Lipinski definition) is 7. The van der Waals surface area contributed by atoms with Crippen molar-refractivity contribution in [2.75, 3.05) is 17.6 Å². The Hall–Kier alpha value is -4.60. The number of carbonyl (C=O) groups is 1. The lowest BCUT2D eigenvalue weighted by Gasteiger charge is -2.15. The number of benzene rings is 2. The Balaban J connectivity index is 1.63. The number of aliphatic carboxylic acids is 1. The Labute approximate surface area is 206 Å². The van der Waals surface area contributed by atoms with Crippen LogP contribution >= 0.6 is 0 Å². The van der Waals surface area contributed by atoms with Crippen molar-refractivity contribution >= 4 is 34.7 Å². The maximum Gasteiger partial charge on any atom is 0.328 e. The SMILES string of the molecule is Cc1nc(N)nc(NCCCc2nc3cccc(C)c3c(=O)n2-c2ccc(F)cc2)c1/C=C/C(=O)O. The number of halogens is 1. The second-order valence-corrected chi connectivity index (χ2v) is 8.25. The van der Waals surface area contributed by atoms with Gasteiger partial charge in [0.2, 0.25) is 5.95 Å². The van der Waals surface area contributed by atoms with E-state index in [-0.39, 0.29) is 11.5 Å². The van der Waals surface area contributed by atoms with E-state index in [4.69, 9.17) is 15.8 Å². The van der Waals surface area contributed by atoms with Gasteiger partial charge in [0, 0.05) is 24.6 Å². The van der Waals surface area contributed by atoms with Crippen molar-refractivity contribution in [1.29, 1.82) is 0 Å². The summed E-state index contributed by atoms with van der Waals surface area (Å²) in [7, 11) is 0. The molecular formula is C26H25FN6O3. The monoisotopic (exact) mass is 488 g/mol. The first kappa shape index (κ1) is 24.5. The van der Waals surface area contributed by atoms with Crippen LogP contribution in [0.5, 0.6) is 0 Å². The number of anilines is 2. The van der Waals surface area contributed by atoms with Crippen LogP contribution in [0.25, 0.3) is 22.7 Å². The van der Waals surface area contributed by atoms with Crippen LogP contribution in [-0.2, 0) is 11.2 Å². The van der Waals surface area contributed by atoms with Gasteiger partial charge in [0.15, 0.2) is 0 Å². The van der Waals surface area contributed by atoms with E-state index >= 15 is 0 Å². The number of nitrogens with one attached hydrogen (secondary N) is 1. The number of fused-ring (bicyclic) bond motifs is 1. The van der Waals surface area contributed by atoms with Gasteiger partial charge in [-0.05, 0) is 62.2 Å². The summed E-state index contributed by atoms with van der Waals surface area (Å²) in [6.45, 7) is 4.01. The molecule has 0 spiro atoms. The second kappa shape index (κ2) is 10.3. The number of aromatic nitrogens is 4. The summed E-state index contributed by atoms with van der Waals surface area (Å²) in [6, 6.07) is 11.2. The highest BCUT2D eigenvalue weighted by Crippen LogP contribution is 2.20. The summed E-state index contributed by atoms with van der Waals surface area (Å²) in [5.74, 6) is -0.464. The van der Waals surface area contributed by atoms with Gasteiger partial charge >= 0.3 is 5.97 Å². The fourth-order valence-electron chi connectivity index (χ4n) is 4.01. The largest absolute Gasteiger partial charge is 0.478 e. The maximum atomic E-state index is 13.6. The van der Waals surface area contributed by atoms with E-state index in [0.717, 1.165) is 11.6 Å². The zero-order valence-corrected chi connectivity index (χ0v) is 19.8. The number of aryl methyl sites for hydroxylation is 3. The molecule has 0 radical (unpaired) electrons. The molecule has 0 aliphatic carbocycles. The number of rotatable bonds is 8. The van der Waals surface area contributed by atoms with E-state index in [0.29, 0.717) is 58.9 Å². The average Bonchev–Trinajstić information content (AvgIpc) is 2.82. The zero-order chi connectivity index (χ0) is 25.8. The number of nitrogens with two attached hydrogens (primary N) is 1. The van der Waals surface area contributed by atoms with Crippen LogP contribution in [0.3, 0.4) is 0 Å². The van der Waals surface area contributed by atoms with E-state index in [9.17, 15) is 14.0 Å².